The molecule has 2 aromatic heterocycles. The van der Waals surface area contributed by atoms with E-state index in [2.05, 4.69) is 36.2 Å². The van der Waals surface area contributed by atoms with Crippen LogP contribution in [0.1, 0.15) is 17.4 Å². The molecule has 0 saturated carbocycles. The molecule has 5 heteroatoms. The van der Waals surface area contributed by atoms with Crippen molar-refractivity contribution in [3.8, 4) is 0 Å². The van der Waals surface area contributed by atoms with Crippen molar-refractivity contribution in [2.75, 3.05) is 7.05 Å². The molecule has 88 valence electrons. The van der Waals surface area contributed by atoms with Crippen molar-refractivity contribution < 1.29 is 0 Å². The standard InChI is InChI=1S/C12H13BrN4/c1-14-12(11-4-5-15-8-17-11)6-10-3-2-9(13)7-16-10/h2-5,7-8,12,14H,6H2,1H3. The van der Waals surface area contributed by atoms with Crippen LogP contribution in [0, 0.1) is 0 Å². The molecular weight excluding hydrogens is 280 g/mol. The Hall–Kier alpha value is -1.33. The van der Waals surface area contributed by atoms with Gasteiger partial charge in [-0.1, -0.05) is 0 Å². The number of halogens is 1. The molecule has 1 N–H and O–H groups in total. The van der Waals surface area contributed by atoms with E-state index in [9.17, 15) is 0 Å². The Kier molecular flexibility index (Phi) is 4.17. The summed E-state index contributed by atoms with van der Waals surface area (Å²) >= 11 is 3.37. The third-order valence-electron chi connectivity index (χ3n) is 2.51. The number of nitrogens with zero attached hydrogens (tertiary/aromatic N) is 3. The third kappa shape index (κ3) is 3.31. The quantitative estimate of drug-likeness (QED) is 0.938. The average Bonchev–Trinajstić information content (AvgIpc) is 2.39. The van der Waals surface area contributed by atoms with E-state index < -0.39 is 0 Å². The molecule has 0 bridgehead atoms. The van der Waals surface area contributed by atoms with E-state index >= 15 is 0 Å². The second-order valence-electron chi connectivity index (χ2n) is 3.65. The normalized spacial score (nSPS) is 12.4. The Morgan fingerprint density at radius 1 is 1.29 bits per heavy atom. The summed E-state index contributed by atoms with van der Waals surface area (Å²) in [7, 11) is 1.92. The van der Waals surface area contributed by atoms with Gasteiger partial charge < -0.3 is 5.32 Å². The Morgan fingerprint density at radius 3 is 2.76 bits per heavy atom. The summed E-state index contributed by atoms with van der Waals surface area (Å²) in [6.45, 7) is 0. The Labute approximate surface area is 109 Å². The van der Waals surface area contributed by atoms with Crippen molar-refractivity contribution >= 4 is 15.9 Å². The van der Waals surface area contributed by atoms with Crippen molar-refractivity contribution in [1.29, 1.82) is 0 Å². The van der Waals surface area contributed by atoms with Gasteiger partial charge >= 0.3 is 0 Å². The summed E-state index contributed by atoms with van der Waals surface area (Å²) in [5.74, 6) is 0. The van der Waals surface area contributed by atoms with E-state index in [0.717, 1.165) is 22.3 Å². The zero-order chi connectivity index (χ0) is 12.1. The minimum absolute atomic E-state index is 0.159. The topological polar surface area (TPSA) is 50.7 Å². The van der Waals surface area contributed by atoms with E-state index in [0.29, 0.717) is 0 Å². The highest BCUT2D eigenvalue weighted by Gasteiger charge is 2.11. The zero-order valence-electron chi connectivity index (χ0n) is 9.47. The number of hydrogen-bond acceptors (Lipinski definition) is 4. The van der Waals surface area contributed by atoms with Crippen LogP contribution in [-0.2, 0) is 6.42 Å². The first-order valence-corrected chi connectivity index (χ1v) is 6.12. The second-order valence-corrected chi connectivity index (χ2v) is 4.56. The van der Waals surface area contributed by atoms with Crippen LogP contribution in [-0.4, -0.2) is 22.0 Å². The van der Waals surface area contributed by atoms with Gasteiger partial charge in [0, 0.05) is 29.0 Å². The fourth-order valence-electron chi connectivity index (χ4n) is 1.60. The molecule has 2 rings (SSSR count). The molecule has 0 spiro atoms. The van der Waals surface area contributed by atoms with E-state index in [1.165, 1.54) is 0 Å². The fraction of sp³-hybridized carbons (Fsp3) is 0.250. The van der Waals surface area contributed by atoms with E-state index in [1.807, 2.05) is 31.4 Å². The van der Waals surface area contributed by atoms with E-state index in [1.54, 1.807) is 12.5 Å². The van der Waals surface area contributed by atoms with Gasteiger partial charge in [0.15, 0.2) is 0 Å². The van der Waals surface area contributed by atoms with Crippen LogP contribution in [0.4, 0.5) is 0 Å². The number of rotatable bonds is 4. The summed E-state index contributed by atoms with van der Waals surface area (Å²) in [5.41, 5.74) is 2.01. The maximum Gasteiger partial charge on any atom is 0.115 e. The van der Waals surface area contributed by atoms with Gasteiger partial charge in [0.1, 0.15) is 6.33 Å². The molecule has 0 aliphatic carbocycles. The summed E-state index contributed by atoms with van der Waals surface area (Å²) in [4.78, 5) is 12.5. The van der Waals surface area contributed by atoms with E-state index in [-0.39, 0.29) is 6.04 Å². The molecule has 4 nitrogen and oxygen atoms in total. The molecule has 0 aliphatic rings. The van der Waals surface area contributed by atoms with Gasteiger partial charge in [-0.15, -0.1) is 0 Å². The predicted octanol–water partition coefficient (Wildman–Crippen LogP) is 2.14. The number of nitrogens with one attached hydrogen (secondary N) is 1. The molecule has 1 unspecified atom stereocenters. The van der Waals surface area contributed by atoms with Crippen LogP contribution in [0.5, 0.6) is 0 Å². The first-order chi connectivity index (χ1) is 8.29. The minimum Gasteiger partial charge on any atom is -0.311 e. The fourth-order valence-corrected chi connectivity index (χ4v) is 1.83. The van der Waals surface area contributed by atoms with Crippen molar-refractivity contribution in [1.82, 2.24) is 20.3 Å². The largest absolute Gasteiger partial charge is 0.311 e. The van der Waals surface area contributed by atoms with Crippen LogP contribution in [0.2, 0.25) is 0 Å². The SMILES string of the molecule is CNC(Cc1ccc(Br)cn1)c1ccncn1. The molecule has 0 aromatic carbocycles. The second kappa shape index (κ2) is 5.84. The maximum atomic E-state index is 4.36. The molecule has 0 amide bonds. The monoisotopic (exact) mass is 292 g/mol. The van der Waals surface area contributed by atoms with Crippen molar-refractivity contribution in [3.63, 3.8) is 0 Å². The van der Waals surface area contributed by atoms with Gasteiger partial charge in [0.25, 0.3) is 0 Å². The van der Waals surface area contributed by atoms with Crippen LogP contribution in [0.3, 0.4) is 0 Å². The predicted molar refractivity (Wildman–Crippen MR) is 69.5 cm³/mol. The van der Waals surface area contributed by atoms with Crippen LogP contribution in [0.25, 0.3) is 0 Å². The van der Waals surface area contributed by atoms with Gasteiger partial charge in [-0.2, -0.15) is 0 Å². The van der Waals surface area contributed by atoms with Gasteiger partial charge in [0.2, 0.25) is 0 Å². The van der Waals surface area contributed by atoms with E-state index in [4.69, 9.17) is 0 Å². The molecule has 0 aliphatic heterocycles. The van der Waals surface area contributed by atoms with Crippen molar-refractivity contribution in [2.24, 2.45) is 0 Å². The summed E-state index contributed by atoms with van der Waals surface area (Å²) in [5, 5.41) is 3.24. The first-order valence-electron chi connectivity index (χ1n) is 5.33. The molecule has 17 heavy (non-hydrogen) atoms. The van der Waals surface area contributed by atoms with Crippen molar-refractivity contribution in [2.45, 2.75) is 12.5 Å². The lowest BCUT2D eigenvalue weighted by molar-refractivity contribution is 0.567. The van der Waals surface area contributed by atoms with Gasteiger partial charge in [-0.05, 0) is 41.2 Å². The number of likely N-dealkylation sites (N-methyl/N-ethyl adjacent to an activating group) is 1. The van der Waals surface area contributed by atoms with Crippen LogP contribution in [0.15, 0.2) is 41.4 Å². The minimum atomic E-state index is 0.159. The average molecular weight is 293 g/mol. The molecule has 0 saturated heterocycles. The smallest absolute Gasteiger partial charge is 0.115 e. The molecule has 1 atom stereocenters. The van der Waals surface area contributed by atoms with Gasteiger partial charge in [0.05, 0.1) is 11.7 Å². The van der Waals surface area contributed by atoms with Gasteiger partial charge in [-0.3, -0.25) is 4.98 Å². The Bertz CT molecular complexity index is 458. The summed E-state index contributed by atoms with van der Waals surface area (Å²) in [6, 6.07) is 6.08. The van der Waals surface area contributed by atoms with Crippen LogP contribution < -0.4 is 5.32 Å². The van der Waals surface area contributed by atoms with Crippen LogP contribution >= 0.6 is 15.9 Å². The first kappa shape index (κ1) is 12.1. The highest BCUT2D eigenvalue weighted by Crippen LogP contribution is 2.15. The molecule has 0 radical (unpaired) electrons. The Morgan fingerprint density at radius 2 is 2.18 bits per heavy atom. The summed E-state index contributed by atoms with van der Waals surface area (Å²) in [6.07, 6.45) is 5.93. The number of hydrogen-bond donors (Lipinski definition) is 1. The van der Waals surface area contributed by atoms with Crippen molar-refractivity contribution in [3.05, 3.63) is 52.8 Å². The van der Waals surface area contributed by atoms with Gasteiger partial charge in [-0.25, -0.2) is 9.97 Å². The zero-order valence-corrected chi connectivity index (χ0v) is 11.1. The summed E-state index contributed by atoms with van der Waals surface area (Å²) < 4.78 is 0.990. The lowest BCUT2D eigenvalue weighted by Crippen LogP contribution is -2.20. The Balaban J connectivity index is 2.13. The number of aromatic nitrogens is 3. The highest BCUT2D eigenvalue weighted by atomic mass is 79.9. The third-order valence-corrected chi connectivity index (χ3v) is 2.98. The molecule has 0 fully saturated rings. The maximum absolute atomic E-state index is 4.36. The molecular formula is C12H13BrN4. The molecule has 2 aromatic rings. The lowest BCUT2D eigenvalue weighted by atomic mass is 10.1. The lowest BCUT2D eigenvalue weighted by Gasteiger charge is -2.14. The highest BCUT2D eigenvalue weighted by molar-refractivity contribution is 9.10. The number of pyridine rings is 1. The molecule has 2 heterocycles.